The molecule has 2 aromatic carbocycles. The normalized spacial score (nSPS) is 14.6. The molecule has 0 aromatic heterocycles. The molecular weight excluding hydrogens is 394 g/mol. The van der Waals surface area contributed by atoms with Crippen LogP contribution in [0.4, 0.5) is 0 Å². The molecule has 31 heavy (non-hydrogen) atoms. The summed E-state index contributed by atoms with van der Waals surface area (Å²) in [5.74, 6) is 0.328. The molecule has 164 valence electrons. The number of hydrogen-bond donors (Lipinski definition) is 1. The molecule has 1 fully saturated rings. The Hall–Kier alpha value is -3.32. The summed E-state index contributed by atoms with van der Waals surface area (Å²) in [7, 11) is 1.52. The molecule has 2 amide bonds. The summed E-state index contributed by atoms with van der Waals surface area (Å²) in [6.45, 7) is 5.94. The molecule has 2 N–H and O–H groups in total. The summed E-state index contributed by atoms with van der Waals surface area (Å²) >= 11 is 0. The summed E-state index contributed by atoms with van der Waals surface area (Å²) < 4.78 is 10.6. The van der Waals surface area contributed by atoms with Crippen LogP contribution in [0, 0.1) is 6.92 Å². The van der Waals surface area contributed by atoms with Crippen LogP contribution in [-0.2, 0) is 16.1 Å². The fraction of sp³-hybridized carbons (Fsp3) is 0.333. The number of methoxy groups -OCH3 is 1. The predicted molar refractivity (Wildman–Crippen MR) is 120 cm³/mol. The van der Waals surface area contributed by atoms with Gasteiger partial charge in [0, 0.05) is 38.8 Å². The molecule has 1 heterocycles. The number of ether oxygens (including phenoxy) is 2. The Balaban J connectivity index is 1.53. The van der Waals surface area contributed by atoms with Crippen molar-refractivity contribution in [1.29, 1.82) is 0 Å². The number of benzene rings is 2. The molecule has 0 bridgehead atoms. The minimum absolute atomic E-state index is 0.0106. The Morgan fingerprint density at radius 3 is 2.48 bits per heavy atom. The fourth-order valence-electron chi connectivity index (χ4n) is 3.48. The van der Waals surface area contributed by atoms with Crippen molar-refractivity contribution in [2.75, 3.05) is 39.9 Å². The van der Waals surface area contributed by atoms with Crippen LogP contribution >= 0.6 is 0 Å². The van der Waals surface area contributed by atoms with Crippen LogP contribution in [0.5, 0.6) is 11.5 Å². The minimum atomic E-state index is -0.560. The van der Waals surface area contributed by atoms with Gasteiger partial charge in [-0.25, -0.2) is 0 Å². The Bertz CT molecular complexity index is 950. The molecular formula is C24H29N3O4. The molecule has 7 nitrogen and oxygen atoms in total. The first-order chi connectivity index (χ1) is 15.0. The molecule has 1 aliphatic heterocycles. The number of amides is 2. The van der Waals surface area contributed by atoms with Gasteiger partial charge in [-0.15, -0.1) is 0 Å². The predicted octanol–water partition coefficient (Wildman–Crippen LogP) is 2.23. The van der Waals surface area contributed by atoms with Gasteiger partial charge >= 0.3 is 0 Å². The fourth-order valence-corrected chi connectivity index (χ4v) is 3.48. The molecule has 0 atom stereocenters. The third-order valence-electron chi connectivity index (χ3n) is 5.32. The zero-order valence-corrected chi connectivity index (χ0v) is 18.0. The van der Waals surface area contributed by atoms with E-state index >= 15 is 0 Å². The van der Waals surface area contributed by atoms with Gasteiger partial charge < -0.3 is 20.1 Å². The maximum atomic E-state index is 12.6. The van der Waals surface area contributed by atoms with Gasteiger partial charge in [-0.1, -0.05) is 30.3 Å². The highest BCUT2D eigenvalue weighted by atomic mass is 16.5. The third-order valence-corrected chi connectivity index (χ3v) is 5.32. The molecule has 0 saturated carbocycles. The van der Waals surface area contributed by atoms with Gasteiger partial charge in [-0.3, -0.25) is 14.5 Å². The second-order valence-electron chi connectivity index (χ2n) is 7.53. The average Bonchev–Trinajstić information content (AvgIpc) is 2.78. The van der Waals surface area contributed by atoms with Crippen LogP contribution in [0.2, 0.25) is 0 Å². The average molecular weight is 424 g/mol. The number of carbonyl (C=O) groups excluding carboxylic acids is 2. The number of carbonyl (C=O) groups is 2. The van der Waals surface area contributed by atoms with Crippen LogP contribution < -0.4 is 15.2 Å². The van der Waals surface area contributed by atoms with Crippen molar-refractivity contribution in [3.63, 3.8) is 0 Å². The number of nitrogens with zero attached hydrogens (tertiary/aromatic N) is 2. The molecule has 1 saturated heterocycles. The lowest BCUT2D eigenvalue weighted by Crippen LogP contribution is -2.47. The van der Waals surface area contributed by atoms with E-state index in [-0.39, 0.29) is 12.5 Å². The Morgan fingerprint density at radius 2 is 1.81 bits per heavy atom. The molecule has 7 heteroatoms. The van der Waals surface area contributed by atoms with Crippen LogP contribution in [0.15, 0.2) is 48.5 Å². The van der Waals surface area contributed by atoms with Crippen LogP contribution in [-0.4, -0.2) is 61.5 Å². The summed E-state index contributed by atoms with van der Waals surface area (Å²) in [6, 6.07) is 13.6. The van der Waals surface area contributed by atoms with Gasteiger partial charge in [-0.2, -0.15) is 0 Å². The number of nitrogens with two attached hydrogens (primary N) is 1. The Labute approximate surface area is 183 Å². The molecule has 2 aromatic rings. The Kier molecular flexibility index (Phi) is 7.67. The highest BCUT2D eigenvalue weighted by molar-refractivity contribution is 5.92. The molecule has 1 aliphatic rings. The maximum Gasteiger partial charge on any atom is 0.255 e. The summed E-state index contributed by atoms with van der Waals surface area (Å²) in [4.78, 5) is 27.7. The van der Waals surface area contributed by atoms with Gasteiger partial charge in [0.15, 0.2) is 18.1 Å². The monoisotopic (exact) mass is 423 g/mol. The summed E-state index contributed by atoms with van der Waals surface area (Å²) in [5, 5.41) is 0. The number of aryl methyl sites for hydroxylation is 1. The van der Waals surface area contributed by atoms with E-state index in [1.54, 1.807) is 30.4 Å². The zero-order chi connectivity index (χ0) is 22.2. The van der Waals surface area contributed by atoms with E-state index in [1.165, 1.54) is 18.2 Å². The molecule has 0 spiro atoms. The third kappa shape index (κ3) is 6.33. The van der Waals surface area contributed by atoms with Crippen LogP contribution in [0.3, 0.4) is 0 Å². The van der Waals surface area contributed by atoms with Gasteiger partial charge in [-0.05, 0) is 41.8 Å². The topological polar surface area (TPSA) is 85.1 Å². The number of piperazine rings is 1. The highest BCUT2D eigenvalue weighted by Gasteiger charge is 2.20. The van der Waals surface area contributed by atoms with Crippen molar-refractivity contribution in [2.24, 2.45) is 5.73 Å². The molecule has 0 unspecified atom stereocenters. The minimum Gasteiger partial charge on any atom is -0.493 e. The van der Waals surface area contributed by atoms with Crippen molar-refractivity contribution < 1.29 is 19.1 Å². The number of hydrogen-bond acceptors (Lipinski definition) is 5. The van der Waals surface area contributed by atoms with E-state index in [0.29, 0.717) is 24.6 Å². The second kappa shape index (κ2) is 10.6. The first kappa shape index (κ1) is 22.4. The van der Waals surface area contributed by atoms with E-state index in [2.05, 4.69) is 36.1 Å². The summed E-state index contributed by atoms with van der Waals surface area (Å²) in [5.41, 5.74) is 8.54. The lowest BCUT2D eigenvalue weighted by atomic mass is 10.1. The van der Waals surface area contributed by atoms with Crippen molar-refractivity contribution in [1.82, 2.24) is 9.80 Å². The van der Waals surface area contributed by atoms with Gasteiger partial charge in [0.1, 0.15) is 0 Å². The maximum absolute atomic E-state index is 12.6. The standard InChI is InChI=1S/C24H29N3O4/c1-18-5-3-4-6-20(18)16-26-11-13-27(14-12-26)24(29)10-8-19-7-9-21(22(15-19)30-2)31-17-23(25)28/h3-10,15H,11-14,16-17H2,1-2H3,(H2,25,28)/b10-8+. The van der Waals surface area contributed by atoms with E-state index in [4.69, 9.17) is 15.2 Å². The largest absolute Gasteiger partial charge is 0.493 e. The van der Waals surface area contributed by atoms with Gasteiger partial charge in [0.2, 0.25) is 5.91 Å². The van der Waals surface area contributed by atoms with Crippen molar-refractivity contribution >= 4 is 17.9 Å². The van der Waals surface area contributed by atoms with Gasteiger partial charge in [0.05, 0.1) is 7.11 Å². The molecule has 3 rings (SSSR count). The molecule has 0 radical (unpaired) electrons. The summed E-state index contributed by atoms with van der Waals surface area (Å²) in [6.07, 6.45) is 3.33. The number of primary amides is 1. The van der Waals surface area contributed by atoms with E-state index in [9.17, 15) is 9.59 Å². The SMILES string of the molecule is COc1cc(/C=C/C(=O)N2CCN(Cc3ccccc3C)CC2)ccc1OCC(N)=O. The van der Waals surface area contributed by atoms with Crippen LogP contribution in [0.25, 0.3) is 6.08 Å². The van der Waals surface area contributed by atoms with Gasteiger partial charge in [0.25, 0.3) is 5.91 Å². The smallest absolute Gasteiger partial charge is 0.255 e. The first-order valence-electron chi connectivity index (χ1n) is 10.3. The quantitative estimate of drug-likeness (QED) is 0.658. The first-order valence-corrected chi connectivity index (χ1v) is 10.3. The van der Waals surface area contributed by atoms with E-state index in [0.717, 1.165) is 25.2 Å². The van der Waals surface area contributed by atoms with E-state index in [1.807, 2.05) is 4.90 Å². The van der Waals surface area contributed by atoms with Crippen molar-refractivity contribution in [2.45, 2.75) is 13.5 Å². The number of rotatable bonds is 8. The Morgan fingerprint density at radius 1 is 1.06 bits per heavy atom. The second-order valence-corrected chi connectivity index (χ2v) is 7.53. The lowest BCUT2D eigenvalue weighted by molar-refractivity contribution is -0.127. The molecule has 0 aliphatic carbocycles. The zero-order valence-electron chi connectivity index (χ0n) is 18.0. The van der Waals surface area contributed by atoms with Crippen molar-refractivity contribution in [3.8, 4) is 11.5 Å². The van der Waals surface area contributed by atoms with Crippen molar-refractivity contribution in [3.05, 3.63) is 65.2 Å². The van der Waals surface area contributed by atoms with Crippen LogP contribution in [0.1, 0.15) is 16.7 Å². The lowest BCUT2D eigenvalue weighted by Gasteiger charge is -2.34. The highest BCUT2D eigenvalue weighted by Crippen LogP contribution is 2.28. The van der Waals surface area contributed by atoms with E-state index < -0.39 is 5.91 Å².